The summed E-state index contributed by atoms with van der Waals surface area (Å²) in [6.45, 7) is 13.4. The molecule has 2 aromatic heterocycles. The van der Waals surface area contributed by atoms with E-state index in [1.807, 2.05) is 65.0 Å². The topological polar surface area (TPSA) is 325 Å². The molecule has 0 spiro atoms. The van der Waals surface area contributed by atoms with Gasteiger partial charge in [-0.1, -0.05) is 54.7 Å². The Bertz CT molecular complexity index is 4230. The Morgan fingerprint density at radius 1 is 0.859 bits per heavy atom. The van der Waals surface area contributed by atoms with E-state index in [0.29, 0.717) is 101 Å². The molecule has 5 aromatic rings. The first-order valence-corrected chi connectivity index (χ1v) is 35.8. The van der Waals surface area contributed by atoms with E-state index in [1.54, 1.807) is 45.2 Å². The number of nitrogens with zero attached hydrogens (tertiary/aromatic N) is 11. The standard InChI is InChI=1S/C63H75N13O12S4/c1-6-75-52-23-21-47(91(83,84)85)36-49(52)62(2,3)55(75)18-9-7-10-19-56-63(4,5)50-37-48(92(86,87)88)22-24-53(50)76(56)28-12-8-11-20-57(77)65-27-14-16-45-39-73(69-68-45)41-58(78)71-31-33-74(34-32-71)90(81,82)46-17-13-15-43(35-46)60(80)72-30-26-51-54(40-72)89-61(66-51)67-59(79)44-25-29-70(38-44)42-64/h7,9-10,13,15,17-19,21-24,35-37,39,44H,6,8,11-12,14,16,20,25-34,38,40-41H2,1-5H3,(H3-,65,66,67,77,79,83,84,85,86,87,88)/t44-/m1/s1. The molecule has 0 unspecified atom stereocenters. The Morgan fingerprint density at radius 3 is 2.35 bits per heavy atom. The quantitative estimate of drug-likeness (QED) is 0.0227. The zero-order valence-electron chi connectivity index (χ0n) is 51.9. The molecule has 5 aliphatic rings. The van der Waals surface area contributed by atoms with Crippen molar-refractivity contribution in [3.8, 4) is 6.19 Å². The van der Waals surface area contributed by atoms with Crippen molar-refractivity contribution in [2.24, 2.45) is 5.92 Å². The van der Waals surface area contributed by atoms with Crippen LogP contribution in [0.3, 0.4) is 0 Å². The number of likely N-dealkylation sites (tertiary alicyclic amines) is 1. The van der Waals surface area contributed by atoms with Gasteiger partial charge in [0.05, 0.1) is 44.0 Å². The molecule has 0 radical (unpaired) electrons. The number of hydrogen-bond donors (Lipinski definition) is 3. The highest BCUT2D eigenvalue weighted by molar-refractivity contribution is 7.89. The highest BCUT2D eigenvalue weighted by Gasteiger charge is 2.45. The summed E-state index contributed by atoms with van der Waals surface area (Å²) in [7, 11) is -13.1. The van der Waals surface area contributed by atoms with Crippen LogP contribution >= 0.6 is 11.3 Å². The Balaban J connectivity index is 0.650. The number of allylic oxidation sites excluding steroid dienone is 6. The number of thiazole rings is 1. The van der Waals surface area contributed by atoms with Gasteiger partial charge in [-0.3, -0.25) is 23.7 Å². The number of benzene rings is 3. The van der Waals surface area contributed by atoms with Crippen LogP contribution in [-0.2, 0) is 81.4 Å². The summed E-state index contributed by atoms with van der Waals surface area (Å²) in [6, 6.07) is 15.0. The Morgan fingerprint density at radius 2 is 1.62 bits per heavy atom. The fraction of sp³-hybridized carbons (Fsp3) is 0.444. The monoisotopic (exact) mass is 1330 g/mol. The molecular formula is C63H75N13O12S4. The van der Waals surface area contributed by atoms with Gasteiger partial charge in [0.25, 0.3) is 16.0 Å². The lowest BCUT2D eigenvalue weighted by Gasteiger charge is -2.34. The molecule has 92 heavy (non-hydrogen) atoms. The number of rotatable bonds is 23. The van der Waals surface area contributed by atoms with Crippen molar-refractivity contribution in [1.29, 1.82) is 5.26 Å². The zero-order valence-corrected chi connectivity index (χ0v) is 55.2. The van der Waals surface area contributed by atoms with Gasteiger partial charge < -0.3 is 34.8 Å². The predicted octanol–water partition coefficient (Wildman–Crippen LogP) is 5.86. The van der Waals surface area contributed by atoms with E-state index in [0.717, 1.165) is 45.3 Å². The molecule has 2 saturated heterocycles. The molecule has 3 N–H and O–H groups in total. The average Bonchev–Trinajstić information content (AvgIpc) is 1.59. The fourth-order valence-electron chi connectivity index (χ4n) is 12.6. The van der Waals surface area contributed by atoms with Crippen molar-refractivity contribution in [2.45, 2.75) is 125 Å². The number of piperazine rings is 1. The number of aromatic nitrogens is 4. The summed E-state index contributed by atoms with van der Waals surface area (Å²) in [4.78, 5) is 64.7. The molecular weight excluding hydrogens is 1260 g/mol. The van der Waals surface area contributed by atoms with Crippen molar-refractivity contribution in [3.05, 3.63) is 136 Å². The van der Waals surface area contributed by atoms with Crippen molar-refractivity contribution < 1.29 is 58.1 Å². The third-order valence-electron chi connectivity index (χ3n) is 17.7. The molecule has 10 rings (SSSR count). The minimum Gasteiger partial charge on any atom is -0.744 e. The van der Waals surface area contributed by atoms with Gasteiger partial charge >= 0.3 is 0 Å². The van der Waals surface area contributed by atoms with Crippen LogP contribution in [0.4, 0.5) is 16.5 Å². The first-order valence-electron chi connectivity index (χ1n) is 30.6. The summed E-state index contributed by atoms with van der Waals surface area (Å²) in [5.74, 6) is -1.18. The number of nitrogens with one attached hydrogen (secondary N) is 2. The number of carbonyl (C=O) groups is 4. The number of unbranched alkanes of at least 4 members (excludes halogenated alkanes) is 2. The second-order valence-corrected chi connectivity index (χ2v) is 30.3. The summed E-state index contributed by atoms with van der Waals surface area (Å²) in [6.07, 6.45) is 17.9. The Hall–Kier alpha value is -7.98. The van der Waals surface area contributed by atoms with Gasteiger partial charge in [0.2, 0.25) is 33.4 Å². The number of carbonyl (C=O) groups excluding carboxylic acids is 4. The van der Waals surface area contributed by atoms with Crippen molar-refractivity contribution >= 4 is 87.4 Å². The Kier molecular flexibility index (Phi) is 19.9. The van der Waals surface area contributed by atoms with Gasteiger partial charge in [-0.05, 0) is 113 Å². The predicted molar refractivity (Wildman–Crippen MR) is 342 cm³/mol. The van der Waals surface area contributed by atoms with Gasteiger partial charge in [0.1, 0.15) is 23.2 Å². The van der Waals surface area contributed by atoms with E-state index in [4.69, 9.17) is 5.26 Å². The third kappa shape index (κ3) is 14.6. The molecule has 29 heteroatoms. The lowest BCUT2D eigenvalue weighted by molar-refractivity contribution is -0.438. The number of amides is 4. The smallest absolute Gasteiger partial charge is 0.294 e. The maximum atomic E-state index is 13.9. The van der Waals surface area contributed by atoms with E-state index in [2.05, 4.69) is 41.6 Å². The average molecular weight is 1330 g/mol. The minimum atomic E-state index is -4.72. The molecule has 5 aliphatic heterocycles. The van der Waals surface area contributed by atoms with Crippen LogP contribution in [0.5, 0.6) is 0 Å². The maximum Gasteiger partial charge on any atom is 0.294 e. The molecule has 7 heterocycles. The minimum absolute atomic E-state index is 0.0305. The number of hydrogen-bond acceptors (Lipinski definition) is 18. The van der Waals surface area contributed by atoms with Gasteiger partial charge in [-0.15, -0.1) is 5.10 Å². The maximum absolute atomic E-state index is 13.9. The fourth-order valence-corrected chi connectivity index (χ4v) is 16.1. The van der Waals surface area contributed by atoms with E-state index in [1.165, 1.54) is 56.7 Å². The molecule has 0 saturated carbocycles. The van der Waals surface area contributed by atoms with Crippen LogP contribution in [0.1, 0.15) is 111 Å². The lowest BCUT2D eigenvalue weighted by Crippen LogP contribution is -2.51. The van der Waals surface area contributed by atoms with Crippen molar-refractivity contribution in [1.82, 2.24) is 44.3 Å². The van der Waals surface area contributed by atoms with Crippen LogP contribution in [-0.4, -0.2) is 173 Å². The SMILES string of the molecule is CCN1/C(=C/C=C/C=C/C2=[N+](CCCCCC(=O)NCCCc3cn(CC(=O)N4CCN(S(=O)(=O)c5cccc(C(=O)N6CCc7nc(NC(=O)[C@@H]8CCN(C#N)C8)sc7C6)c5)CC4)nn3)c3ccc(S(=O)(=O)[O-])cc3C2(C)C)C(C)(C)c2cc(S(=O)(=O)O)ccc21. The second-order valence-electron chi connectivity index (χ2n) is 24.5. The van der Waals surface area contributed by atoms with Crippen LogP contribution in [0.2, 0.25) is 0 Å². The summed E-state index contributed by atoms with van der Waals surface area (Å²) in [5.41, 5.74) is 5.35. The van der Waals surface area contributed by atoms with Crippen LogP contribution in [0.15, 0.2) is 118 Å². The highest BCUT2D eigenvalue weighted by atomic mass is 32.2. The highest BCUT2D eigenvalue weighted by Crippen LogP contribution is 2.48. The van der Waals surface area contributed by atoms with E-state index < -0.39 is 41.1 Å². The van der Waals surface area contributed by atoms with Crippen LogP contribution in [0.25, 0.3) is 0 Å². The number of nitriles is 1. The summed E-state index contributed by atoms with van der Waals surface area (Å²) >= 11 is 1.30. The van der Waals surface area contributed by atoms with Crippen LogP contribution in [0, 0.1) is 17.4 Å². The molecule has 2 fully saturated rings. The van der Waals surface area contributed by atoms with Crippen LogP contribution < -0.4 is 15.5 Å². The largest absolute Gasteiger partial charge is 0.744 e. The molecule has 0 aliphatic carbocycles. The number of sulfonamides is 1. The number of aryl methyl sites for hydroxylation is 1. The van der Waals surface area contributed by atoms with Gasteiger partial charge in [-0.2, -0.15) is 22.6 Å². The molecule has 25 nitrogen and oxygen atoms in total. The molecule has 1 atom stereocenters. The third-order valence-corrected chi connectivity index (χ3v) is 22.3. The van der Waals surface area contributed by atoms with Gasteiger partial charge in [0, 0.05) is 129 Å². The first-order chi connectivity index (χ1) is 43.7. The zero-order chi connectivity index (χ0) is 65.9. The van der Waals surface area contributed by atoms with Gasteiger partial charge in [-0.25, -0.2) is 26.5 Å². The summed E-state index contributed by atoms with van der Waals surface area (Å²) < 4.78 is 103. The van der Waals surface area contributed by atoms with E-state index in [9.17, 15) is 53.5 Å². The number of anilines is 2. The molecule has 4 amide bonds. The first kappa shape index (κ1) is 66.9. The normalized spacial score (nSPS) is 18.6. The lowest BCUT2D eigenvalue weighted by atomic mass is 9.81. The number of likely N-dealkylation sites (N-methyl/N-ethyl adjacent to an activating group) is 1. The van der Waals surface area contributed by atoms with Crippen molar-refractivity contribution in [3.63, 3.8) is 0 Å². The number of fused-ring (bicyclic) bond motifs is 3. The summed E-state index contributed by atoms with van der Waals surface area (Å²) in [5, 5.41) is 23.8. The van der Waals surface area contributed by atoms with E-state index in [-0.39, 0.29) is 89.1 Å². The van der Waals surface area contributed by atoms with Crippen molar-refractivity contribution in [2.75, 3.05) is 75.7 Å². The molecule has 0 bridgehead atoms. The Labute approximate surface area is 540 Å². The molecule has 488 valence electrons. The van der Waals surface area contributed by atoms with Gasteiger partial charge in [0.15, 0.2) is 17.0 Å². The van der Waals surface area contributed by atoms with E-state index >= 15 is 0 Å². The molecule has 3 aromatic carbocycles. The second kappa shape index (κ2) is 27.3.